The Balaban J connectivity index is 1.78. The second-order valence-electron chi connectivity index (χ2n) is 4.93. The normalized spacial score (nSPS) is 10.8. The molecular formula is C16H14ClN3O. The average Bonchev–Trinajstić information content (AvgIpc) is 2.89. The number of aromatic amines is 1. The van der Waals surface area contributed by atoms with Crippen molar-refractivity contribution >= 4 is 28.4 Å². The molecule has 0 saturated heterocycles. The van der Waals surface area contributed by atoms with Crippen LogP contribution in [0.4, 0.5) is 0 Å². The van der Waals surface area contributed by atoms with Gasteiger partial charge in [0.2, 0.25) is 0 Å². The molecule has 2 aromatic carbocycles. The molecule has 0 aliphatic carbocycles. The van der Waals surface area contributed by atoms with Gasteiger partial charge in [0.1, 0.15) is 0 Å². The molecule has 0 bridgehead atoms. The van der Waals surface area contributed by atoms with Crippen LogP contribution in [-0.4, -0.2) is 16.1 Å². The van der Waals surface area contributed by atoms with Crippen LogP contribution < -0.4 is 5.32 Å². The molecule has 0 unspecified atom stereocenters. The number of fused-ring (bicyclic) bond motifs is 1. The largest absolute Gasteiger partial charge is 0.347 e. The van der Waals surface area contributed by atoms with Crippen molar-refractivity contribution in [3.8, 4) is 0 Å². The van der Waals surface area contributed by atoms with Gasteiger partial charge >= 0.3 is 0 Å². The molecule has 5 heteroatoms. The summed E-state index contributed by atoms with van der Waals surface area (Å²) in [6.45, 7) is 2.43. The van der Waals surface area contributed by atoms with Crippen LogP contribution in [0.5, 0.6) is 0 Å². The van der Waals surface area contributed by atoms with Crippen molar-refractivity contribution in [2.24, 2.45) is 0 Å². The van der Waals surface area contributed by atoms with Gasteiger partial charge in [-0.25, -0.2) is 0 Å². The lowest BCUT2D eigenvalue weighted by Gasteiger charge is -2.04. The Hall–Kier alpha value is -2.33. The van der Waals surface area contributed by atoms with Crippen LogP contribution in [0.15, 0.2) is 42.5 Å². The summed E-state index contributed by atoms with van der Waals surface area (Å²) in [5.41, 5.74) is 3.36. The highest BCUT2D eigenvalue weighted by Crippen LogP contribution is 2.17. The summed E-state index contributed by atoms with van der Waals surface area (Å²) >= 11 is 5.83. The number of hydrogen-bond acceptors (Lipinski definition) is 2. The van der Waals surface area contributed by atoms with Gasteiger partial charge in [0.25, 0.3) is 5.91 Å². The van der Waals surface area contributed by atoms with Crippen LogP contribution in [-0.2, 0) is 6.54 Å². The molecule has 0 radical (unpaired) electrons. The van der Waals surface area contributed by atoms with Crippen LogP contribution in [0, 0.1) is 6.92 Å². The first-order valence-electron chi connectivity index (χ1n) is 6.61. The fourth-order valence-electron chi connectivity index (χ4n) is 2.17. The maximum atomic E-state index is 12.3. The number of rotatable bonds is 3. The summed E-state index contributed by atoms with van der Waals surface area (Å²) in [6, 6.07) is 13.2. The van der Waals surface area contributed by atoms with Gasteiger partial charge in [-0.3, -0.25) is 9.89 Å². The Bertz CT molecular complexity index is 793. The highest BCUT2D eigenvalue weighted by atomic mass is 35.5. The summed E-state index contributed by atoms with van der Waals surface area (Å²) in [5, 5.41) is 11.4. The third-order valence-corrected chi connectivity index (χ3v) is 3.55. The first kappa shape index (κ1) is 13.6. The molecular weight excluding hydrogens is 286 g/mol. The summed E-state index contributed by atoms with van der Waals surface area (Å²) in [4.78, 5) is 12.3. The van der Waals surface area contributed by atoms with Crippen molar-refractivity contribution in [1.29, 1.82) is 0 Å². The van der Waals surface area contributed by atoms with Crippen LogP contribution in [0.3, 0.4) is 0 Å². The van der Waals surface area contributed by atoms with E-state index >= 15 is 0 Å². The molecule has 2 N–H and O–H groups in total. The highest BCUT2D eigenvalue weighted by molar-refractivity contribution is 6.30. The molecule has 4 nitrogen and oxygen atoms in total. The third kappa shape index (κ3) is 2.90. The number of hydrogen-bond donors (Lipinski definition) is 2. The van der Waals surface area contributed by atoms with E-state index in [2.05, 4.69) is 15.5 Å². The van der Waals surface area contributed by atoms with Gasteiger partial charge in [0, 0.05) is 17.0 Å². The third-order valence-electron chi connectivity index (χ3n) is 3.30. The molecule has 1 heterocycles. The van der Waals surface area contributed by atoms with Crippen LogP contribution >= 0.6 is 11.6 Å². The second kappa shape index (κ2) is 5.58. The Morgan fingerprint density at radius 1 is 1.24 bits per heavy atom. The first-order chi connectivity index (χ1) is 10.1. The van der Waals surface area contributed by atoms with E-state index in [-0.39, 0.29) is 5.91 Å². The smallest absolute Gasteiger partial charge is 0.272 e. The zero-order chi connectivity index (χ0) is 14.8. The van der Waals surface area contributed by atoms with E-state index in [0.717, 1.165) is 22.0 Å². The van der Waals surface area contributed by atoms with Gasteiger partial charge in [0.05, 0.1) is 5.52 Å². The lowest BCUT2D eigenvalue weighted by Crippen LogP contribution is -2.23. The van der Waals surface area contributed by atoms with Gasteiger partial charge in [-0.05, 0) is 36.8 Å². The van der Waals surface area contributed by atoms with Crippen molar-refractivity contribution < 1.29 is 4.79 Å². The van der Waals surface area contributed by atoms with Crippen LogP contribution in [0.25, 0.3) is 10.9 Å². The molecule has 3 rings (SSSR count). The van der Waals surface area contributed by atoms with Crippen molar-refractivity contribution in [2.75, 3.05) is 0 Å². The van der Waals surface area contributed by atoms with Crippen molar-refractivity contribution in [3.63, 3.8) is 0 Å². The summed E-state index contributed by atoms with van der Waals surface area (Å²) < 4.78 is 0. The number of aryl methyl sites for hydroxylation is 1. The molecule has 3 aromatic rings. The number of carbonyl (C=O) groups excluding carboxylic acids is 1. The number of nitrogens with zero attached hydrogens (tertiary/aromatic N) is 1. The molecule has 0 aliphatic heterocycles. The predicted molar refractivity (Wildman–Crippen MR) is 83.5 cm³/mol. The molecule has 1 aromatic heterocycles. The average molecular weight is 300 g/mol. The monoisotopic (exact) mass is 299 g/mol. The number of aromatic nitrogens is 2. The number of amides is 1. The van der Waals surface area contributed by atoms with Gasteiger partial charge in [-0.1, -0.05) is 35.4 Å². The molecule has 0 atom stereocenters. The molecule has 21 heavy (non-hydrogen) atoms. The van der Waals surface area contributed by atoms with Crippen LogP contribution in [0.2, 0.25) is 5.02 Å². The SMILES string of the molecule is Cc1ccc2[nH]nc(C(=O)NCc3ccc(Cl)cc3)c2c1. The number of nitrogens with one attached hydrogen (secondary N) is 2. The van der Waals surface area contributed by atoms with E-state index in [1.54, 1.807) is 12.1 Å². The highest BCUT2D eigenvalue weighted by Gasteiger charge is 2.13. The quantitative estimate of drug-likeness (QED) is 0.778. The first-order valence-corrected chi connectivity index (χ1v) is 6.98. The van der Waals surface area contributed by atoms with Crippen molar-refractivity contribution in [3.05, 3.63) is 64.3 Å². The molecule has 0 saturated carbocycles. The minimum Gasteiger partial charge on any atom is -0.347 e. The van der Waals surface area contributed by atoms with Gasteiger partial charge in [-0.2, -0.15) is 5.10 Å². The Morgan fingerprint density at radius 2 is 2.00 bits per heavy atom. The van der Waals surface area contributed by atoms with Gasteiger partial charge < -0.3 is 5.32 Å². The fourth-order valence-corrected chi connectivity index (χ4v) is 2.30. The zero-order valence-corrected chi connectivity index (χ0v) is 12.2. The minimum absolute atomic E-state index is 0.193. The molecule has 106 valence electrons. The van der Waals surface area contributed by atoms with E-state index in [1.807, 2.05) is 37.3 Å². The molecule has 0 aliphatic rings. The van der Waals surface area contributed by atoms with E-state index in [9.17, 15) is 4.79 Å². The fraction of sp³-hybridized carbons (Fsp3) is 0.125. The lowest BCUT2D eigenvalue weighted by atomic mass is 10.1. The molecule has 0 spiro atoms. The van der Waals surface area contributed by atoms with E-state index in [4.69, 9.17) is 11.6 Å². The second-order valence-corrected chi connectivity index (χ2v) is 5.37. The van der Waals surface area contributed by atoms with Crippen LogP contribution in [0.1, 0.15) is 21.6 Å². The van der Waals surface area contributed by atoms with E-state index in [1.165, 1.54) is 0 Å². The summed E-state index contributed by atoms with van der Waals surface area (Å²) in [6.07, 6.45) is 0. The minimum atomic E-state index is -0.193. The number of halogens is 1. The standard InChI is InChI=1S/C16H14ClN3O/c1-10-2-7-14-13(8-10)15(20-19-14)16(21)18-9-11-3-5-12(17)6-4-11/h2-8H,9H2,1H3,(H,18,21)(H,19,20). The van der Waals surface area contributed by atoms with E-state index < -0.39 is 0 Å². The number of H-pyrrole nitrogens is 1. The number of carbonyl (C=O) groups is 1. The summed E-state index contributed by atoms with van der Waals surface area (Å²) in [7, 11) is 0. The Kier molecular flexibility index (Phi) is 3.62. The molecule has 1 amide bonds. The predicted octanol–water partition coefficient (Wildman–Crippen LogP) is 3.45. The number of benzene rings is 2. The van der Waals surface area contributed by atoms with Gasteiger partial charge in [-0.15, -0.1) is 0 Å². The Morgan fingerprint density at radius 3 is 2.76 bits per heavy atom. The topological polar surface area (TPSA) is 57.8 Å². The van der Waals surface area contributed by atoms with Gasteiger partial charge in [0.15, 0.2) is 5.69 Å². The lowest BCUT2D eigenvalue weighted by molar-refractivity contribution is 0.0947. The van der Waals surface area contributed by atoms with E-state index in [0.29, 0.717) is 17.3 Å². The maximum Gasteiger partial charge on any atom is 0.272 e. The maximum absolute atomic E-state index is 12.3. The van der Waals surface area contributed by atoms with Crippen molar-refractivity contribution in [2.45, 2.75) is 13.5 Å². The molecule has 0 fully saturated rings. The van der Waals surface area contributed by atoms with Crippen molar-refractivity contribution in [1.82, 2.24) is 15.5 Å². The Labute approximate surface area is 127 Å². The summed E-state index contributed by atoms with van der Waals surface area (Å²) in [5.74, 6) is -0.193. The zero-order valence-electron chi connectivity index (χ0n) is 11.5.